The van der Waals surface area contributed by atoms with Crippen molar-refractivity contribution in [3.63, 3.8) is 0 Å². The first kappa shape index (κ1) is 6.85. The fourth-order valence-electron chi connectivity index (χ4n) is 1.53. The molecular formula is C9H15. The van der Waals surface area contributed by atoms with Crippen molar-refractivity contribution in [1.82, 2.24) is 0 Å². The van der Waals surface area contributed by atoms with Gasteiger partial charge in [0.25, 0.3) is 0 Å². The van der Waals surface area contributed by atoms with Gasteiger partial charge in [-0.25, -0.2) is 0 Å². The second kappa shape index (κ2) is 3.71. The summed E-state index contributed by atoms with van der Waals surface area (Å²) < 4.78 is 0. The van der Waals surface area contributed by atoms with Gasteiger partial charge in [-0.1, -0.05) is 37.8 Å². The van der Waals surface area contributed by atoms with Crippen LogP contribution < -0.4 is 0 Å². The molecule has 0 nitrogen and oxygen atoms in total. The minimum atomic E-state index is 0.989. The Balaban J connectivity index is 2.11. The summed E-state index contributed by atoms with van der Waals surface area (Å²) in [5, 5.41) is 0. The fourth-order valence-corrected chi connectivity index (χ4v) is 1.53. The van der Waals surface area contributed by atoms with Crippen molar-refractivity contribution >= 4 is 0 Å². The van der Waals surface area contributed by atoms with Crippen molar-refractivity contribution in [3.8, 4) is 0 Å². The molecule has 1 aliphatic carbocycles. The van der Waals surface area contributed by atoms with E-state index in [0.717, 1.165) is 5.92 Å². The molecule has 0 unspecified atom stereocenters. The minimum Gasteiger partial charge on any atom is -0.0883 e. The third-order valence-electron chi connectivity index (χ3n) is 2.11. The molecule has 0 spiro atoms. The van der Waals surface area contributed by atoms with Crippen LogP contribution in [0, 0.1) is 12.8 Å². The first-order valence-electron chi connectivity index (χ1n) is 3.87. The van der Waals surface area contributed by atoms with E-state index in [-0.39, 0.29) is 0 Å². The molecule has 0 aromatic carbocycles. The van der Waals surface area contributed by atoms with E-state index in [2.05, 4.69) is 13.0 Å². The van der Waals surface area contributed by atoms with Crippen LogP contribution in [0.5, 0.6) is 0 Å². The number of hydrogen-bond acceptors (Lipinski definition) is 0. The van der Waals surface area contributed by atoms with E-state index < -0.39 is 0 Å². The molecule has 0 bridgehead atoms. The zero-order valence-electron chi connectivity index (χ0n) is 5.97. The van der Waals surface area contributed by atoms with E-state index in [1.54, 1.807) is 0 Å². The molecule has 1 fully saturated rings. The molecule has 0 saturated heterocycles. The second-order valence-corrected chi connectivity index (χ2v) is 2.86. The van der Waals surface area contributed by atoms with Crippen molar-refractivity contribution in [2.75, 3.05) is 0 Å². The third-order valence-corrected chi connectivity index (χ3v) is 2.11. The molecule has 1 saturated carbocycles. The topological polar surface area (TPSA) is 0 Å². The van der Waals surface area contributed by atoms with Gasteiger partial charge in [0.1, 0.15) is 0 Å². The lowest BCUT2D eigenvalue weighted by atomic mass is 10.0. The van der Waals surface area contributed by atoms with Crippen molar-refractivity contribution in [3.05, 3.63) is 19.1 Å². The number of rotatable bonds is 2. The molecule has 0 aromatic rings. The average Bonchev–Trinajstić information content (AvgIpc) is 2.34. The highest BCUT2D eigenvalue weighted by Crippen LogP contribution is 2.27. The van der Waals surface area contributed by atoms with Crippen molar-refractivity contribution in [2.24, 2.45) is 5.92 Å². The quantitative estimate of drug-likeness (QED) is 0.529. The van der Waals surface area contributed by atoms with Crippen LogP contribution in [-0.2, 0) is 0 Å². The lowest BCUT2D eigenvalue weighted by molar-refractivity contribution is 0.558. The largest absolute Gasteiger partial charge is 0.0883 e. The standard InChI is InChI=1S/C9H15/c1-2-3-6-9-7-4-5-8-9/h2-3,9H,1,4-8H2. The molecule has 0 heteroatoms. The molecule has 0 aliphatic heterocycles. The Labute approximate surface area is 58.0 Å². The lowest BCUT2D eigenvalue weighted by Crippen LogP contribution is -1.88. The van der Waals surface area contributed by atoms with Crippen LogP contribution >= 0.6 is 0 Å². The Kier molecular flexibility index (Phi) is 2.82. The maximum atomic E-state index is 3.67. The van der Waals surface area contributed by atoms with Crippen molar-refractivity contribution < 1.29 is 0 Å². The zero-order valence-corrected chi connectivity index (χ0v) is 5.97. The summed E-state index contributed by atoms with van der Waals surface area (Å²) in [5.74, 6) is 0.989. The number of hydrogen-bond donors (Lipinski definition) is 0. The molecule has 9 heavy (non-hydrogen) atoms. The molecule has 51 valence electrons. The Morgan fingerprint density at radius 3 is 2.56 bits per heavy atom. The van der Waals surface area contributed by atoms with Crippen LogP contribution in [0.25, 0.3) is 0 Å². The van der Waals surface area contributed by atoms with Crippen molar-refractivity contribution in [2.45, 2.75) is 32.1 Å². The molecule has 1 rings (SSSR count). The Hall–Kier alpha value is -0.260. The molecule has 0 aromatic heterocycles. The Morgan fingerprint density at radius 1 is 1.33 bits per heavy atom. The third kappa shape index (κ3) is 2.21. The predicted molar refractivity (Wildman–Crippen MR) is 41.1 cm³/mol. The molecule has 0 heterocycles. The molecule has 1 aliphatic rings. The summed E-state index contributed by atoms with van der Waals surface area (Å²) in [6, 6.07) is 0. The maximum absolute atomic E-state index is 3.67. The zero-order chi connectivity index (χ0) is 6.53. The van der Waals surface area contributed by atoms with Gasteiger partial charge in [-0.3, -0.25) is 0 Å². The van der Waals surface area contributed by atoms with E-state index >= 15 is 0 Å². The van der Waals surface area contributed by atoms with Crippen LogP contribution in [0.15, 0.2) is 12.2 Å². The Morgan fingerprint density at radius 2 is 2.00 bits per heavy atom. The average molecular weight is 123 g/mol. The van der Waals surface area contributed by atoms with Gasteiger partial charge in [0.05, 0.1) is 0 Å². The first-order chi connectivity index (χ1) is 4.43. The summed E-state index contributed by atoms with van der Waals surface area (Å²) >= 11 is 0. The van der Waals surface area contributed by atoms with E-state index in [4.69, 9.17) is 0 Å². The number of allylic oxidation sites excluding steroid dienone is 2. The fraction of sp³-hybridized carbons (Fsp3) is 0.667. The monoisotopic (exact) mass is 123 g/mol. The molecular weight excluding hydrogens is 108 g/mol. The van der Waals surface area contributed by atoms with Gasteiger partial charge in [0.2, 0.25) is 0 Å². The summed E-state index contributed by atoms with van der Waals surface area (Å²) in [6.45, 7) is 3.67. The lowest BCUT2D eigenvalue weighted by Gasteiger charge is -2.01. The van der Waals surface area contributed by atoms with E-state index in [0.29, 0.717) is 0 Å². The van der Waals surface area contributed by atoms with Crippen molar-refractivity contribution in [1.29, 1.82) is 0 Å². The van der Waals surface area contributed by atoms with E-state index in [9.17, 15) is 0 Å². The molecule has 0 amide bonds. The van der Waals surface area contributed by atoms with Gasteiger partial charge in [0, 0.05) is 0 Å². The summed E-state index contributed by atoms with van der Waals surface area (Å²) in [4.78, 5) is 0. The molecule has 0 N–H and O–H groups in total. The van der Waals surface area contributed by atoms with E-state index in [1.807, 2.05) is 6.08 Å². The van der Waals surface area contributed by atoms with Gasteiger partial charge in [-0.05, 0) is 19.3 Å². The van der Waals surface area contributed by atoms with Crippen LogP contribution in [0.4, 0.5) is 0 Å². The highest BCUT2D eigenvalue weighted by atomic mass is 14.2. The second-order valence-electron chi connectivity index (χ2n) is 2.86. The van der Waals surface area contributed by atoms with Gasteiger partial charge >= 0.3 is 0 Å². The first-order valence-corrected chi connectivity index (χ1v) is 3.87. The van der Waals surface area contributed by atoms with Crippen LogP contribution in [0.3, 0.4) is 0 Å². The smallest absolute Gasteiger partial charge is 0.0316 e. The van der Waals surface area contributed by atoms with Crippen LogP contribution in [0.2, 0.25) is 0 Å². The SMILES string of the molecule is [CH2]C=CCC1CCCC1. The Bertz CT molecular complexity index is 86.2. The molecule has 1 radical (unpaired) electrons. The van der Waals surface area contributed by atoms with Crippen LogP contribution in [0.1, 0.15) is 32.1 Å². The van der Waals surface area contributed by atoms with Crippen LogP contribution in [-0.4, -0.2) is 0 Å². The van der Waals surface area contributed by atoms with Gasteiger partial charge in [0.15, 0.2) is 0 Å². The normalized spacial score (nSPS) is 21.9. The summed E-state index contributed by atoms with van der Waals surface area (Å²) in [7, 11) is 0. The molecule has 0 atom stereocenters. The predicted octanol–water partition coefficient (Wildman–Crippen LogP) is 2.96. The van der Waals surface area contributed by atoms with E-state index in [1.165, 1.54) is 32.1 Å². The van der Waals surface area contributed by atoms with Gasteiger partial charge in [-0.15, -0.1) is 0 Å². The van der Waals surface area contributed by atoms with Gasteiger partial charge in [-0.2, -0.15) is 0 Å². The highest BCUT2D eigenvalue weighted by molar-refractivity contribution is 4.86. The summed E-state index contributed by atoms with van der Waals surface area (Å²) in [6.07, 6.45) is 11.2. The highest BCUT2D eigenvalue weighted by Gasteiger charge is 2.12. The maximum Gasteiger partial charge on any atom is -0.0316 e. The van der Waals surface area contributed by atoms with Gasteiger partial charge < -0.3 is 0 Å². The minimum absolute atomic E-state index is 0.989. The summed E-state index contributed by atoms with van der Waals surface area (Å²) in [5.41, 5.74) is 0.